The van der Waals surface area contributed by atoms with Gasteiger partial charge in [-0.2, -0.15) is 5.10 Å². The van der Waals surface area contributed by atoms with Gasteiger partial charge in [0.1, 0.15) is 0 Å². The van der Waals surface area contributed by atoms with Crippen molar-refractivity contribution in [1.29, 1.82) is 0 Å². The summed E-state index contributed by atoms with van der Waals surface area (Å²) in [5.41, 5.74) is 9.74. The maximum atomic E-state index is 5.66. The van der Waals surface area contributed by atoms with Crippen LogP contribution in [0.2, 0.25) is 0 Å². The molecule has 0 saturated heterocycles. The Morgan fingerprint density at radius 2 is 2.00 bits per heavy atom. The zero-order valence-electron chi connectivity index (χ0n) is 10.4. The van der Waals surface area contributed by atoms with Crippen molar-refractivity contribution in [3.8, 4) is 22.8 Å². The molecule has 1 aliphatic heterocycles. The van der Waals surface area contributed by atoms with E-state index in [1.807, 2.05) is 32.2 Å². The Kier molecular flexibility index (Phi) is 2.48. The SMILES string of the molecule is Cc1cc2c(cc1-c1cc(CN)n(C)n1)OCO2. The van der Waals surface area contributed by atoms with E-state index in [1.165, 1.54) is 0 Å². The first-order valence-corrected chi connectivity index (χ1v) is 5.82. The number of ether oxygens (including phenoxy) is 2. The molecule has 0 spiro atoms. The van der Waals surface area contributed by atoms with E-state index in [0.29, 0.717) is 6.54 Å². The lowest BCUT2D eigenvalue weighted by atomic mass is 10.0. The van der Waals surface area contributed by atoms with Gasteiger partial charge in [-0.3, -0.25) is 4.68 Å². The standard InChI is InChI=1S/C13H15N3O2/c1-8-3-12-13(18-7-17-12)5-10(8)11-4-9(6-14)16(2)15-11/h3-5H,6-7,14H2,1-2H3. The summed E-state index contributed by atoms with van der Waals surface area (Å²) in [6.07, 6.45) is 0. The monoisotopic (exact) mass is 245 g/mol. The number of rotatable bonds is 2. The molecule has 0 atom stereocenters. The molecule has 18 heavy (non-hydrogen) atoms. The molecule has 2 N–H and O–H groups in total. The topological polar surface area (TPSA) is 62.3 Å². The zero-order chi connectivity index (χ0) is 12.7. The second-order valence-electron chi connectivity index (χ2n) is 4.37. The minimum atomic E-state index is 0.286. The van der Waals surface area contributed by atoms with Gasteiger partial charge in [-0.25, -0.2) is 0 Å². The van der Waals surface area contributed by atoms with Gasteiger partial charge in [0, 0.05) is 19.2 Å². The van der Waals surface area contributed by atoms with E-state index in [1.54, 1.807) is 4.68 Å². The molecular formula is C13H15N3O2. The Bertz CT molecular complexity index is 605. The summed E-state index contributed by atoms with van der Waals surface area (Å²) < 4.78 is 12.6. The van der Waals surface area contributed by atoms with Gasteiger partial charge in [-0.1, -0.05) is 0 Å². The molecule has 0 amide bonds. The van der Waals surface area contributed by atoms with Gasteiger partial charge in [0.25, 0.3) is 0 Å². The highest BCUT2D eigenvalue weighted by molar-refractivity contribution is 5.68. The Morgan fingerprint density at radius 3 is 2.67 bits per heavy atom. The largest absolute Gasteiger partial charge is 0.454 e. The lowest BCUT2D eigenvalue weighted by Gasteiger charge is -2.04. The summed E-state index contributed by atoms with van der Waals surface area (Å²) >= 11 is 0. The van der Waals surface area contributed by atoms with E-state index >= 15 is 0 Å². The number of hydrogen-bond donors (Lipinski definition) is 1. The van der Waals surface area contributed by atoms with Gasteiger partial charge >= 0.3 is 0 Å². The molecule has 1 aliphatic rings. The van der Waals surface area contributed by atoms with Crippen molar-refractivity contribution in [3.63, 3.8) is 0 Å². The lowest BCUT2D eigenvalue weighted by Crippen LogP contribution is -2.03. The number of aromatic nitrogens is 2. The van der Waals surface area contributed by atoms with Crippen LogP contribution in [0.25, 0.3) is 11.3 Å². The molecule has 2 aromatic rings. The van der Waals surface area contributed by atoms with Crippen molar-refractivity contribution >= 4 is 0 Å². The van der Waals surface area contributed by atoms with Crippen LogP contribution in [0.15, 0.2) is 18.2 Å². The lowest BCUT2D eigenvalue weighted by molar-refractivity contribution is 0.174. The summed E-state index contributed by atoms with van der Waals surface area (Å²) in [6.45, 7) is 2.80. The number of nitrogens with two attached hydrogens (primary N) is 1. The van der Waals surface area contributed by atoms with Crippen LogP contribution in [-0.4, -0.2) is 16.6 Å². The molecule has 0 aliphatic carbocycles. The van der Waals surface area contributed by atoms with Crippen LogP contribution in [0.1, 0.15) is 11.3 Å². The highest BCUT2D eigenvalue weighted by atomic mass is 16.7. The molecule has 2 heterocycles. The van der Waals surface area contributed by atoms with Crippen molar-refractivity contribution in [3.05, 3.63) is 29.5 Å². The fourth-order valence-electron chi connectivity index (χ4n) is 2.15. The molecule has 0 unspecified atom stereocenters. The van der Waals surface area contributed by atoms with Gasteiger partial charge in [0.05, 0.1) is 11.4 Å². The molecule has 5 heteroatoms. The van der Waals surface area contributed by atoms with Crippen LogP contribution < -0.4 is 15.2 Å². The van der Waals surface area contributed by atoms with E-state index in [2.05, 4.69) is 5.10 Å². The van der Waals surface area contributed by atoms with Gasteiger partial charge < -0.3 is 15.2 Å². The molecular weight excluding hydrogens is 230 g/mol. The number of aryl methyl sites for hydroxylation is 2. The van der Waals surface area contributed by atoms with Crippen molar-refractivity contribution in [2.75, 3.05) is 6.79 Å². The number of fused-ring (bicyclic) bond motifs is 1. The zero-order valence-corrected chi connectivity index (χ0v) is 10.4. The number of nitrogens with zero attached hydrogens (tertiary/aromatic N) is 2. The first kappa shape index (κ1) is 11.1. The normalized spacial score (nSPS) is 13.1. The van der Waals surface area contributed by atoms with Crippen molar-refractivity contribution in [2.24, 2.45) is 12.8 Å². The first-order valence-electron chi connectivity index (χ1n) is 5.82. The average molecular weight is 245 g/mol. The molecule has 5 nitrogen and oxygen atoms in total. The molecule has 0 radical (unpaired) electrons. The second kappa shape index (κ2) is 4.03. The fourth-order valence-corrected chi connectivity index (χ4v) is 2.15. The smallest absolute Gasteiger partial charge is 0.231 e. The van der Waals surface area contributed by atoms with Crippen LogP contribution in [0.4, 0.5) is 0 Å². The quantitative estimate of drug-likeness (QED) is 0.872. The Labute approximate surface area is 105 Å². The predicted molar refractivity (Wildman–Crippen MR) is 67.4 cm³/mol. The first-order chi connectivity index (χ1) is 8.69. The Morgan fingerprint density at radius 1 is 1.28 bits per heavy atom. The maximum absolute atomic E-state index is 5.66. The summed E-state index contributed by atoms with van der Waals surface area (Å²) in [4.78, 5) is 0. The Balaban J connectivity index is 2.10. The average Bonchev–Trinajstić information content (AvgIpc) is 2.93. The highest BCUT2D eigenvalue weighted by Crippen LogP contribution is 2.38. The molecule has 0 bridgehead atoms. The fraction of sp³-hybridized carbons (Fsp3) is 0.308. The second-order valence-corrected chi connectivity index (χ2v) is 4.37. The van der Waals surface area contributed by atoms with E-state index in [9.17, 15) is 0 Å². The molecule has 1 aromatic heterocycles. The van der Waals surface area contributed by atoms with Crippen molar-refractivity contribution in [2.45, 2.75) is 13.5 Å². The predicted octanol–water partition coefficient (Wildman–Crippen LogP) is 1.58. The summed E-state index contributed by atoms with van der Waals surface area (Å²) in [5.74, 6) is 1.57. The van der Waals surface area contributed by atoms with Crippen LogP contribution in [0, 0.1) is 6.92 Å². The Hall–Kier alpha value is -2.01. The molecule has 1 aromatic carbocycles. The van der Waals surface area contributed by atoms with Crippen LogP contribution >= 0.6 is 0 Å². The molecule has 3 rings (SSSR count). The number of hydrogen-bond acceptors (Lipinski definition) is 4. The summed E-state index contributed by atoms with van der Waals surface area (Å²) in [6, 6.07) is 5.96. The molecule has 94 valence electrons. The van der Waals surface area contributed by atoms with Crippen LogP contribution in [0.5, 0.6) is 11.5 Å². The summed E-state index contributed by atoms with van der Waals surface area (Å²) in [7, 11) is 1.90. The van der Waals surface area contributed by atoms with Crippen molar-refractivity contribution in [1.82, 2.24) is 9.78 Å². The highest BCUT2D eigenvalue weighted by Gasteiger charge is 2.18. The maximum Gasteiger partial charge on any atom is 0.231 e. The third kappa shape index (κ3) is 1.64. The van der Waals surface area contributed by atoms with Gasteiger partial charge in [0.15, 0.2) is 11.5 Å². The number of benzene rings is 1. The van der Waals surface area contributed by atoms with Crippen molar-refractivity contribution < 1.29 is 9.47 Å². The minimum Gasteiger partial charge on any atom is -0.454 e. The van der Waals surface area contributed by atoms with Gasteiger partial charge in [0.2, 0.25) is 6.79 Å². The van der Waals surface area contributed by atoms with E-state index < -0.39 is 0 Å². The third-order valence-electron chi connectivity index (χ3n) is 3.18. The van der Waals surface area contributed by atoms with Gasteiger partial charge in [-0.15, -0.1) is 0 Å². The van der Waals surface area contributed by atoms with Crippen LogP contribution in [-0.2, 0) is 13.6 Å². The summed E-state index contributed by atoms with van der Waals surface area (Å²) in [5, 5.41) is 4.48. The van der Waals surface area contributed by atoms with Gasteiger partial charge in [-0.05, 0) is 30.7 Å². The molecule has 0 saturated carbocycles. The molecule has 0 fully saturated rings. The third-order valence-corrected chi connectivity index (χ3v) is 3.18. The minimum absolute atomic E-state index is 0.286. The van der Waals surface area contributed by atoms with E-state index in [4.69, 9.17) is 15.2 Å². The van der Waals surface area contributed by atoms with Crippen LogP contribution in [0.3, 0.4) is 0 Å². The van der Waals surface area contributed by atoms with E-state index in [-0.39, 0.29) is 6.79 Å². The van der Waals surface area contributed by atoms with E-state index in [0.717, 1.165) is 34.0 Å².